The molecule has 1 atom stereocenters. The molecule has 1 aliphatic heterocycles. The van der Waals surface area contributed by atoms with Gasteiger partial charge < -0.3 is 10.2 Å². The van der Waals surface area contributed by atoms with Crippen molar-refractivity contribution in [3.8, 4) is 0 Å². The normalized spacial score (nSPS) is 21.2. The highest BCUT2D eigenvalue weighted by Crippen LogP contribution is 2.16. The van der Waals surface area contributed by atoms with E-state index in [1.54, 1.807) is 0 Å². The number of halogens is 1. The average molecular weight is 282 g/mol. The van der Waals surface area contributed by atoms with Gasteiger partial charge in [0.05, 0.1) is 6.61 Å². The van der Waals surface area contributed by atoms with Gasteiger partial charge in [0.1, 0.15) is 5.82 Å². The Morgan fingerprint density at radius 3 is 2.50 bits per heavy atom. The van der Waals surface area contributed by atoms with Crippen LogP contribution in [0.1, 0.15) is 12.0 Å². The molecule has 1 saturated heterocycles. The van der Waals surface area contributed by atoms with Crippen LogP contribution in [-0.2, 0) is 6.54 Å². The van der Waals surface area contributed by atoms with Gasteiger partial charge in [0.25, 0.3) is 0 Å². The fraction of sp³-hybridized carbons (Fsp3) is 0.600. The third-order valence-corrected chi connectivity index (χ3v) is 3.87. The van der Waals surface area contributed by atoms with E-state index in [1.165, 1.54) is 12.1 Å². The van der Waals surface area contributed by atoms with Gasteiger partial charge in [-0.1, -0.05) is 12.1 Å². The fourth-order valence-corrected chi connectivity index (χ4v) is 2.76. The van der Waals surface area contributed by atoms with Crippen molar-refractivity contribution in [1.29, 1.82) is 0 Å². The van der Waals surface area contributed by atoms with Crippen LogP contribution in [0, 0.1) is 5.82 Å². The van der Waals surface area contributed by atoms with Crippen molar-refractivity contribution in [3.63, 3.8) is 0 Å². The first-order valence-electron chi connectivity index (χ1n) is 7.15. The summed E-state index contributed by atoms with van der Waals surface area (Å²) in [5.41, 5.74) is 1.09. The Balaban J connectivity index is 1.96. The minimum atomic E-state index is -0.214. The lowest BCUT2D eigenvalue weighted by Crippen LogP contribution is -2.53. The molecule has 0 aliphatic carbocycles. The SMILES string of the molecule is OCC[C@@H]1CN(CCO)CCN1Cc1ccc(F)cc1. The Kier molecular flexibility index (Phi) is 5.91. The van der Waals surface area contributed by atoms with Gasteiger partial charge in [-0.3, -0.25) is 9.80 Å². The molecular formula is C15H23FN2O2. The fourth-order valence-electron chi connectivity index (χ4n) is 2.76. The molecule has 0 spiro atoms. The first kappa shape index (κ1) is 15.4. The monoisotopic (exact) mass is 282 g/mol. The van der Waals surface area contributed by atoms with Crippen LogP contribution >= 0.6 is 0 Å². The molecule has 0 saturated carbocycles. The average Bonchev–Trinajstić information content (AvgIpc) is 2.45. The van der Waals surface area contributed by atoms with E-state index in [1.807, 2.05) is 12.1 Å². The van der Waals surface area contributed by atoms with E-state index in [9.17, 15) is 9.50 Å². The Labute approximate surface area is 119 Å². The maximum absolute atomic E-state index is 12.9. The van der Waals surface area contributed by atoms with Gasteiger partial charge in [-0.05, 0) is 24.1 Å². The van der Waals surface area contributed by atoms with Crippen LogP contribution in [0.3, 0.4) is 0 Å². The number of hydrogen-bond acceptors (Lipinski definition) is 4. The van der Waals surface area contributed by atoms with Crippen molar-refractivity contribution in [1.82, 2.24) is 9.80 Å². The maximum atomic E-state index is 12.9. The summed E-state index contributed by atoms with van der Waals surface area (Å²) >= 11 is 0. The summed E-state index contributed by atoms with van der Waals surface area (Å²) in [6, 6.07) is 6.87. The molecule has 5 heteroatoms. The summed E-state index contributed by atoms with van der Waals surface area (Å²) in [4.78, 5) is 4.55. The summed E-state index contributed by atoms with van der Waals surface area (Å²) in [6.07, 6.45) is 0.725. The van der Waals surface area contributed by atoms with Gasteiger partial charge in [0.2, 0.25) is 0 Å². The second-order valence-electron chi connectivity index (χ2n) is 5.29. The zero-order valence-electron chi connectivity index (χ0n) is 11.7. The van der Waals surface area contributed by atoms with Crippen molar-refractivity contribution >= 4 is 0 Å². The number of hydrogen-bond donors (Lipinski definition) is 2. The number of benzene rings is 1. The van der Waals surface area contributed by atoms with E-state index in [4.69, 9.17) is 5.11 Å². The van der Waals surface area contributed by atoms with Gasteiger partial charge in [-0.25, -0.2) is 4.39 Å². The summed E-state index contributed by atoms with van der Waals surface area (Å²) in [5.74, 6) is -0.214. The van der Waals surface area contributed by atoms with E-state index in [2.05, 4.69) is 9.80 Å². The molecule has 4 nitrogen and oxygen atoms in total. The van der Waals surface area contributed by atoms with Crippen LogP contribution in [0.25, 0.3) is 0 Å². The van der Waals surface area contributed by atoms with Crippen molar-refractivity contribution in [2.24, 2.45) is 0 Å². The Morgan fingerprint density at radius 1 is 1.10 bits per heavy atom. The molecule has 2 N–H and O–H groups in total. The summed E-state index contributed by atoms with van der Waals surface area (Å²) in [6.45, 7) is 4.49. The third kappa shape index (κ3) is 4.24. The Hall–Kier alpha value is -1.01. The quantitative estimate of drug-likeness (QED) is 0.806. The summed E-state index contributed by atoms with van der Waals surface area (Å²) in [5, 5.41) is 18.2. The highest BCUT2D eigenvalue weighted by Gasteiger charge is 2.26. The van der Waals surface area contributed by atoms with Gasteiger partial charge in [-0.15, -0.1) is 0 Å². The molecule has 112 valence electrons. The summed E-state index contributed by atoms with van der Waals surface area (Å²) in [7, 11) is 0. The molecule has 1 aliphatic rings. The zero-order valence-corrected chi connectivity index (χ0v) is 11.7. The van der Waals surface area contributed by atoms with Gasteiger partial charge >= 0.3 is 0 Å². The molecule has 1 aromatic rings. The molecule has 1 fully saturated rings. The molecular weight excluding hydrogens is 259 g/mol. The standard InChI is InChI=1S/C15H23FN2O2/c16-14-3-1-13(2-4-14)11-18-7-6-17(8-10-20)12-15(18)5-9-19/h1-4,15,19-20H,5-12H2/t15-/m1/s1. The molecule has 1 aromatic carbocycles. The van der Waals surface area contributed by atoms with Crippen LogP contribution in [0.2, 0.25) is 0 Å². The van der Waals surface area contributed by atoms with Crippen molar-refractivity contribution < 1.29 is 14.6 Å². The molecule has 0 amide bonds. The Bertz CT molecular complexity index is 399. The number of β-amino-alcohol motifs (C(OH)–C–C–N with tert-alkyl or cyclic N) is 1. The van der Waals surface area contributed by atoms with E-state index in [0.29, 0.717) is 6.54 Å². The van der Waals surface area contributed by atoms with Crippen LogP contribution in [0.5, 0.6) is 0 Å². The van der Waals surface area contributed by atoms with E-state index in [0.717, 1.165) is 38.2 Å². The topological polar surface area (TPSA) is 46.9 Å². The molecule has 20 heavy (non-hydrogen) atoms. The second-order valence-corrected chi connectivity index (χ2v) is 5.29. The highest BCUT2D eigenvalue weighted by molar-refractivity contribution is 5.16. The van der Waals surface area contributed by atoms with Crippen LogP contribution in [0.4, 0.5) is 4.39 Å². The molecule has 1 heterocycles. The molecule has 0 bridgehead atoms. The number of aliphatic hydroxyl groups is 2. The first-order valence-corrected chi connectivity index (χ1v) is 7.15. The van der Waals surface area contributed by atoms with Crippen LogP contribution in [0.15, 0.2) is 24.3 Å². The molecule has 0 aromatic heterocycles. The predicted molar refractivity (Wildman–Crippen MR) is 75.8 cm³/mol. The lowest BCUT2D eigenvalue weighted by molar-refractivity contribution is 0.0455. The van der Waals surface area contributed by atoms with Crippen molar-refractivity contribution in [3.05, 3.63) is 35.6 Å². The van der Waals surface area contributed by atoms with Crippen LogP contribution in [-0.4, -0.2) is 65.4 Å². The van der Waals surface area contributed by atoms with E-state index in [-0.39, 0.29) is 25.1 Å². The predicted octanol–water partition coefficient (Wildman–Crippen LogP) is 0.687. The lowest BCUT2D eigenvalue weighted by atomic mass is 10.1. The highest BCUT2D eigenvalue weighted by atomic mass is 19.1. The molecule has 2 rings (SSSR count). The van der Waals surface area contributed by atoms with Crippen molar-refractivity contribution in [2.75, 3.05) is 39.4 Å². The number of rotatable bonds is 6. The summed E-state index contributed by atoms with van der Waals surface area (Å²) < 4.78 is 12.9. The minimum absolute atomic E-state index is 0.164. The van der Waals surface area contributed by atoms with Gasteiger partial charge in [0.15, 0.2) is 0 Å². The van der Waals surface area contributed by atoms with Crippen LogP contribution < -0.4 is 0 Å². The largest absolute Gasteiger partial charge is 0.396 e. The minimum Gasteiger partial charge on any atom is -0.396 e. The first-order chi connectivity index (χ1) is 9.72. The zero-order chi connectivity index (χ0) is 14.4. The van der Waals surface area contributed by atoms with E-state index < -0.39 is 0 Å². The van der Waals surface area contributed by atoms with E-state index >= 15 is 0 Å². The Morgan fingerprint density at radius 2 is 1.85 bits per heavy atom. The maximum Gasteiger partial charge on any atom is 0.123 e. The number of piperazine rings is 1. The second kappa shape index (κ2) is 7.69. The lowest BCUT2D eigenvalue weighted by Gasteiger charge is -2.41. The van der Waals surface area contributed by atoms with Gasteiger partial charge in [0, 0.05) is 45.4 Å². The smallest absolute Gasteiger partial charge is 0.123 e. The third-order valence-electron chi connectivity index (χ3n) is 3.87. The van der Waals surface area contributed by atoms with Crippen molar-refractivity contribution in [2.45, 2.75) is 19.0 Å². The number of nitrogens with zero attached hydrogens (tertiary/aromatic N) is 2. The van der Waals surface area contributed by atoms with Gasteiger partial charge in [-0.2, -0.15) is 0 Å². The molecule has 0 unspecified atom stereocenters. The number of aliphatic hydroxyl groups excluding tert-OH is 2. The molecule has 0 radical (unpaired) electrons.